The van der Waals surface area contributed by atoms with Crippen LogP contribution in [-0.4, -0.2) is 41.9 Å². The largest absolute Gasteiger partial charge is 0.318 e. The number of nitrogens with zero attached hydrogens (tertiary/aromatic N) is 3. The van der Waals surface area contributed by atoms with Crippen molar-refractivity contribution in [3.63, 3.8) is 0 Å². The van der Waals surface area contributed by atoms with Gasteiger partial charge in [0.1, 0.15) is 5.82 Å². The summed E-state index contributed by atoms with van der Waals surface area (Å²) in [5.41, 5.74) is 2.30. The summed E-state index contributed by atoms with van der Waals surface area (Å²) in [5.74, 6) is 0.887. The van der Waals surface area contributed by atoms with Crippen LogP contribution in [0.15, 0.2) is 35.5 Å². The minimum Gasteiger partial charge on any atom is -0.318 e. The molecule has 2 aliphatic rings. The average Bonchev–Trinajstić information content (AvgIpc) is 3.25. The Kier molecular flexibility index (Phi) is 4.39. The van der Waals surface area contributed by atoms with Crippen molar-refractivity contribution in [2.45, 2.75) is 43.8 Å². The number of rotatable bonds is 4. The van der Waals surface area contributed by atoms with Crippen molar-refractivity contribution in [3.05, 3.63) is 47.4 Å². The van der Waals surface area contributed by atoms with E-state index in [1.165, 1.54) is 11.8 Å². The Labute approximate surface area is 148 Å². The minimum atomic E-state index is -3.56. The smallest absolute Gasteiger partial charge is 0.260 e. The summed E-state index contributed by atoms with van der Waals surface area (Å²) in [5, 5.41) is 3.68. The number of hydrogen-bond acceptors (Lipinski definition) is 4. The summed E-state index contributed by atoms with van der Waals surface area (Å²) in [7, 11) is -3.56. The predicted molar refractivity (Wildman–Crippen MR) is 95.9 cm³/mol. The van der Waals surface area contributed by atoms with Gasteiger partial charge in [-0.15, -0.1) is 0 Å². The van der Waals surface area contributed by atoms with E-state index in [9.17, 15) is 8.42 Å². The van der Waals surface area contributed by atoms with Crippen LogP contribution in [0.2, 0.25) is 0 Å². The van der Waals surface area contributed by atoms with E-state index in [-0.39, 0.29) is 6.04 Å². The first-order chi connectivity index (χ1) is 12.1. The van der Waals surface area contributed by atoms with Gasteiger partial charge in [0.05, 0.1) is 12.2 Å². The molecule has 4 rings (SSSR count). The fraction of sp³-hybridized carbons (Fsp3) is 0.500. The molecular formula is C18H24N4O2S. The first kappa shape index (κ1) is 16.8. The Morgan fingerprint density at radius 1 is 1.24 bits per heavy atom. The number of benzene rings is 1. The lowest BCUT2D eigenvalue weighted by molar-refractivity contribution is 0.270. The van der Waals surface area contributed by atoms with Gasteiger partial charge in [-0.2, -0.15) is 4.31 Å². The second-order valence-electron chi connectivity index (χ2n) is 6.70. The van der Waals surface area contributed by atoms with Crippen molar-refractivity contribution in [2.75, 3.05) is 19.6 Å². The van der Waals surface area contributed by atoms with Gasteiger partial charge in [0.15, 0.2) is 5.03 Å². The highest BCUT2D eigenvalue weighted by molar-refractivity contribution is 7.89. The van der Waals surface area contributed by atoms with Crippen LogP contribution in [0, 0.1) is 0 Å². The molecule has 6 nitrogen and oxygen atoms in total. The molecule has 2 aliphatic heterocycles. The maximum Gasteiger partial charge on any atom is 0.260 e. The highest BCUT2D eigenvalue weighted by Gasteiger charge is 2.37. The standard InChI is InChI=1S/C18H24N4O2S/c1-2-14-5-7-15(8-6-14)16-12-19-9-11-22(16)25(23,24)18-13-20-17-4-3-10-21(17)18/h5-8,13,16,19H,2-4,9-12H2,1H3. The zero-order chi connectivity index (χ0) is 17.4. The third-order valence-electron chi connectivity index (χ3n) is 5.22. The summed E-state index contributed by atoms with van der Waals surface area (Å²) in [6.45, 7) is 4.64. The molecule has 1 N–H and O–H groups in total. The summed E-state index contributed by atoms with van der Waals surface area (Å²) >= 11 is 0. The zero-order valence-electron chi connectivity index (χ0n) is 14.5. The SMILES string of the molecule is CCc1ccc(C2CNCCN2S(=O)(=O)c2cnc3n2CCC3)cc1. The van der Waals surface area contributed by atoms with Crippen LogP contribution in [0.3, 0.4) is 0 Å². The molecule has 1 unspecified atom stereocenters. The third-order valence-corrected chi connectivity index (χ3v) is 7.13. The normalized spacial score (nSPS) is 21.4. The molecule has 0 amide bonds. The Morgan fingerprint density at radius 3 is 2.80 bits per heavy atom. The number of aromatic nitrogens is 2. The number of aryl methyl sites for hydroxylation is 2. The van der Waals surface area contributed by atoms with Crippen molar-refractivity contribution in [2.24, 2.45) is 0 Å². The van der Waals surface area contributed by atoms with Gasteiger partial charge in [-0.3, -0.25) is 0 Å². The van der Waals surface area contributed by atoms with Gasteiger partial charge in [0.25, 0.3) is 10.0 Å². The Balaban J connectivity index is 1.70. The molecule has 3 heterocycles. The Hall–Kier alpha value is -1.70. The van der Waals surface area contributed by atoms with Gasteiger partial charge in [-0.1, -0.05) is 31.2 Å². The van der Waals surface area contributed by atoms with Gasteiger partial charge in [0.2, 0.25) is 0 Å². The van der Waals surface area contributed by atoms with E-state index < -0.39 is 10.0 Å². The maximum absolute atomic E-state index is 13.4. The van der Waals surface area contributed by atoms with Crippen LogP contribution >= 0.6 is 0 Å². The first-order valence-electron chi connectivity index (χ1n) is 8.97. The number of nitrogens with one attached hydrogen (secondary N) is 1. The van der Waals surface area contributed by atoms with E-state index in [1.807, 2.05) is 4.57 Å². The van der Waals surface area contributed by atoms with Crippen molar-refractivity contribution >= 4 is 10.0 Å². The highest BCUT2D eigenvalue weighted by Crippen LogP contribution is 2.31. The molecule has 1 aromatic heterocycles. The van der Waals surface area contributed by atoms with Gasteiger partial charge in [0, 0.05) is 32.6 Å². The van der Waals surface area contributed by atoms with Crippen LogP contribution in [-0.2, 0) is 29.4 Å². The molecule has 1 fully saturated rings. The van der Waals surface area contributed by atoms with Crippen LogP contribution in [0.5, 0.6) is 0 Å². The van der Waals surface area contributed by atoms with Crippen LogP contribution in [0.1, 0.15) is 36.3 Å². The fourth-order valence-corrected chi connectivity index (χ4v) is 5.55. The zero-order valence-corrected chi connectivity index (χ0v) is 15.3. The average molecular weight is 360 g/mol. The topological polar surface area (TPSA) is 67.2 Å². The highest BCUT2D eigenvalue weighted by atomic mass is 32.2. The second-order valence-corrected chi connectivity index (χ2v) is 8.54. The third kappa shape index (κ3) is 2.90. The summed E-state index contributed by atoms with van der Waals surface area (Å²) in [4.78, 5) is 4.32. The summed E-state index contributed by atoms with van der Waals surface area (Å²) in [6.07, 6.45) is 4.34. The molecule has 0 aliphatic carbocycles. The lowest BCUT2D eigenvalue weighted by atomic mass is 10.0. The van der Waals surface area contributed by atoms with E-state index >= 15 is 0 Å². The number of fused-ring (bicyclic) bond motifs is 1. The van der Waals surface area contributed by atoms with E-state index in [1.54, 1.807) is 4.31 Å². The van der Waals surface area contributed by atoms with Gasteiger partial charge < -0.3 is 9.88 Å². The molecular weight excluding hydrogens is 336 g/mol. The summed E-state index contributed by atoms with van der Waals surface area (Å²) in [6, 6.07) is 8.10. The molecule has 1 aromatic carbocycles. The van der Waals surface area contributed by atoms with E-state index in [2.05, 4.69) is 41.5 Å². The second kappa shape index (κ2) is 6.55. The van der Waals surface area contributed by atoms with E-state index in [0.29, 0.717) is 24.7 Å². The lowest BCUT2D eigenvalue weighted by Crippen LogP contribution is -2.48. The molecule has 1 saturated heterocycles. The maximum atomic E-state index is 13.4. The Bertz CT molecular complexity index is 858. The number of sulfonamides is 1. The quantitative estimate of drug-likeness (QED) is 0.902. The van der Waals surface area contributed by atoms with E-state index in [0.717, 1.165) is 37.2 Å². The molecule has 0 saturated carbocycles. The first-order valence-corrected chi connectivity index (χ1v) is 10.4. The molecule has 0 radical (unpaired) electrons. The van der Waals surface area contributed by atoms with E-state index in [4.69, 9.17) is 0 Å². The number of piperazine rings is 1. The Morgan fingerprint density at radius 2 is 2.04 bits per heavy atom. The van der Waals surface area contributed by atoms with Crippen molar-refractivity contribution in [1.82, 2.24) is 19.2 Å². The van der Waals surface area contributed by atoms with Gasteiger partial charge in [-0.05, 0) is 24.0 Å². The lowest BCUT2D eigenvalue weighted by Gasteiger charge is -2.35. The molecule has 2 aromatic rings. The summed E-state index contributed by atoms with van der Waals surface area (Å²) < 4.78 is 30.2. The van der Waals surface area contributed by atoms with Crippen LogP contribution in [0.4, 0.5) is 0 Å². The molecule has 134 valence electrons. The van der Waals surface area contributed by atoms with Crippen molar-refractivity contribution in [1.29, 1.82) is 0 Å². The monoisotopic (exact) mass is 360 g/mol. The van der Waals surface area contributed by atoms with Gasteiger partial charge in [-0.25, -0.2) is 13.4 Å². The van der Waals surface area contributed by atoms with Crippen molar-refractivity contribution in [3.8, 4) is 0 Å². The molecule has 0 bridgehead atoms. The molecule has 1 atom stereocenters. The molecule has 0 spiro atoms. The van der Waals surface area contributed by atoms with Crippen molar-refractivity contribution < 1.29 is 8.42 Å². The minimum absolute atomic E-state index is 0.183. The van der Waals surface area contributed by atoms with Crippen LogP contribution < -0.4 is 5.32 Å². The fourth-order valence-electron chi connectivity index (χ4n) is 3.79. The molecule has 25 heavy (non-hydrogen) atoms. The number of imidazole rings is 1. The predicted octanol–water partition coefficient (Wildman–Crippen LogP) is 1.73. The van der Waals surface area contributed by atoms with Gasteiger partial charge >= 0.3 is 0 Å². The number of hydrogen-bond donors (Lipinski definition) is 1. The molecule has 7 heteroatoms. The van der Waals surface area contributed by atoms with Crippen LogP contribution in [0.25, 0.3) is 0 Å².